The number of anilines is 1. The number of nitrogens with two attached hydrogens (primary N) is 1. The standard InChI is InChI=1S/C21H16ClF3N2O5S/c22-17-8-12(11-28)4-6-19(17)32-18-7-5-13(21(23,24)25)9-16(18)20(29)27-14-2-1-3-15(10-14)33(26,30)31/h1-10,28H,11H2,(H,27,29)(H2,26,30,31). The normalized spacial score (nSPS) is 11.8. The number of rotatable bonds is 6. The maximum atomic E-state index is 13.3. The lowest BCUT2D eigenvalue weighted by Crippen LogP contribution is -2.16. The Balaban J connectivity index is 2.00. The van der Waals surface area contributed by atoms with Gasteiger partial charge in [-0.1, -0.05) is 23.7 Å². The van der Waals surface area contributed by atoms with Crippen LogP contribution < -0.4 is 15.2 Å². The average Bonchev–Trinajstić information content (AvgIpc) is 2.74. The second-order valence-electron chi connectivity index (χ2n) is 6.76. The molecule has 0 radical (unpaired) electrons. The molecular weight excluding hydrogens is 485 g/mol. The van der Waals surface area contributed by atoms with E-state index in [2.05, 4.69) is 5.32 Å². The largest absolute Gasteiger partial charge is 0.455 e. The van der Waals surface area contributed by atoms with Crippen LogP contribution >= 0.6 is 11.6 Å². The van der Waals surface area contributed by atoms with Gasteiger partial charge in [-0.25, -0.2) is 13.6 Å². The zero-order valence-corrected chi connectivity index (χ0v) is 18.1. The predicted molar refractivity (Wildman–Crippen MR) is 115 cm³/mol. The van der Waals surface area contributed by atoms with Gasteiger partial charge < -0.3 is 15.2 Å². The molecule has 12 heteroatoms. The van der Waals surface area contributed by atoms with Crippen molar-refractivity contribution < 1.29 is 36.2 Å². The van der Waals surface area contributed by atoms with Gasteiger partial charge in [0, 0.05) is 5.69 Å². The molecule has 3 aromatic carbocycles. The lowest BCUT2D eigenvalue weighted by molar-refractivity contribution is -0.137. The molecular formula is C21H16ClF3N2O5S. The number of amides is 1. The fraction of sp³-hybridized carbons (Fsp3) is 0.0952. The first-order valence-electron chi connectivity index (χ1n) is 9.11. The first kappa shape index (κ1) is 24.5. The monoisotopic (exact) mass is 500 g/mol. The maximum absolute atomic E-state index is 13.3. The average molecular weight is 501 g/mol. The molecule has 0 saturated carbocycles. The highest BCUT2D eigenvalue weighted by Gasteiger charge is 2.32. The molecule has 33 heavy (non-hydrogen) atoms. The number of nitrogens with one attached hydrogen (secondary N) is 1. The molecule has 174 valence electrons. The summed E-state index contributed by atoms with van der Waals surface area (Å²) in [5, 5.41) is 16.6. The highest BCUT2D eigenvalue weighted by molar-refractivity contribution is 7.89. The van der Waals surface area contributed by atoms with E-state index in [0.717, 1.165) is 18.2 Å². The molecule has 0 heterocycles. The third-order valence-electron chi connectivity index (χ3n) is 4.37. The number of alkyl halides is 3. The molecule has 0 aliphatic heterocycles. The predicted octanol–water partition coefficient (Wildman–Crippen LogP) is 4.54. The molecule has 0 saturated heterocycles. The van der Waals surface area contributed by atoms with Gasteiger partial charge in [-0.2, -0.15) is 13.2 Å². The molecule has 3 rings (SSSR count). The molecule has 0 aliphatic rings. The van der Waals surface area contributed by atoms with Gasteiger partial charge in [-0.3, -0.25) is 4.79 Å². The van der Waals surface area contributed by atoms with E-state index >= 15 is 0 Å². The molecule has 0 atom stereocenters. The third-order valence-corrected chi connectivity index (χ3v) is 5.58. The van der Waals surface area contributed by atoms with Gasteiger partial charge in [0.25, 0.3) is 5.91 Å². The SMILES string of the molecule is NS(=O)(=O)c1cccc(NC(=O)c2cc(C(F)(F)F)ccc2Oc2ccc(CO)cc2Cl)c1. The maximum Gasteiger partial charge on any atom is 0.416 e. The van der Waals surface area contributed by atoms with Crippen LogP contribution in [0.1, 0.15) is 21.5 Å². The quantitative estimate of drug-likeness (QED) is 0.459. The number of halogens is 4. The first-order valence-corrected chi connectivity index (χ1v) is 11.0. The molecule has 4 N–H and O–H groups in total. The Morgan fingerprint density at radius 3 is 2.36 bits per heavy atom. The Kier molecular flexibility index (Phi) is 6.98. The van der Waals surface area contributed by atoms with Gasteiger partial charge in [0.05, 0.1) is 27.7 Å². The summed E-state index contributed by atoms with van der Waals surface area (Å²) >= 11 is 6.10. The highest BCUT2D eigenvalue weighted by atomic mass is 35.5. The number of ether oxygens (including phenoxy) is 1. The van der Waals surface area contributed by atoms with Crippen molar-refractivity contribution in [3.05, 3.63) is 82.4 Å². The lowest BCUT2D eigenvalue weighted by atomic mass is 10.1. The minimum Gasteiger partial charge on any atom is -0.455 e. The molecule has 1 amide bonds. The molecule has 0 unspecified atom stereocenters. The minimum absolute atomic E-state index is 0.0137. The Morgan fingerprint density at radius 2 is 1.76 bits per heavy atom. The van der Waals surface area contributed by atoms with Gasteiger partial charge in [0.2, 0.25) is 10.0 Å². The van der Waals surface area contributed by atoms with E-state index in [1.165, 1.54) is 36.4 Å². The number of hydrogen-bond acceptors (Lipinski definition) is 5. The van der Waals surface area contributed by atoms with Crippen LogP contribution in [-0.2, 0) is 22.8 Å². The molecule has 0 spiro atoms. The zero-order valence-electron chi connectivity index (χ0n) is 16.6. The van der Waals surface area contributed by atoms with Crippen LogP contribution in [0.25, 0.3) is 0 Å². The van der Waals surface area contributed by atoms with Crippen molar-refractivity contribution in [2.75, 3.05) is 5.32 Å². The highest BCUT2D eigenvalue weighted by Crippen LogP contribution is 2.36. The van der Waals surface area contributed by atoms with Crippen molar-refractivity contribution in [2.24, 2.45) is 5.14 Å². The topological polar surface area (TPSA) is 119 Å². The van der Waals surface area contributed by atoms with E-state index in [1.807, 2.05) is 0 Å². The van der Waals surface area contributed by atoms with Crippen LogP contribution in [0, 0.1) is 0 Å². The number of hydrogen-bond donors (Lipinski definition) is 3. The van der Waals surface area contributed by atoms with Gasteiger partial charge in [-0.05, 0) is 54.1 Å². The summed E-state index contributed by atoms with van der Waals surface area (Å²) in [6.45, 7) is -0.286. The molecule has 0 fully saturated rings. The van der Waals surface area contributed by atoms with Crippen molar-refractivity contribution in [1.82, 2.24) is 0 Å². The third kappa shape index (κ3) is 6.02. The Labute approximate surface area is 191 Å². The zero-order chi connectivity index (χ0) is 24.4. The van der Waals surface area contributed by atoms with Crippen molar-refractivity contribution in [1.29, 1.82) is 0 Å². The van der Waals surface area contributed by atoms with E-state index in [4.69, 9.17) is 21.5 Å². The van der Waals surface area contributed by atoms with Gasteiger partial charge in [-0.15, -0.1) is 0 Å². The first-order chi connectivity index (χ1) is 15.4. The summed E-state index contributed by atoms with van der Waals surface area (Å²) in [5.41, 5.74) is -1.11. The second kappa shape index (κ2) is 9.40. The van der Waals surface area contributed by atoms with Crippen LogP contribution in [0.5, 0.6) is 11.5 Å². The number of sulfonamides is 1. The summed E-state index contributed by atoms with van der Waals surface area (Å²) in [6.07, 6.45) is -4.73. The molecule has 0 bridgehead atoms. The van der Waals surface area contributed by atoms with E-state index in [1.54, 1.807) is 0 Å². The van der Waals surface area contributed by atoms with Crippen LogP contribution in [0.15, 0.2) is 65.6 Å². The molecule has 7 nitrogen and oxygen atoms in total. The second-order valence-corrected chi connectivity index (χ2v) is 8.73. The van der Waals surface area contributed by atoms with Gasteiger partial charge in [0.1, 0.15) is 11.5 Å². The number of primary sulfonamides is 1. The van der Waals surface area contributed by atoms with E-state index in [9.17, 15) is 31.5 Å². The van der Waals surface area contributed by atoms with Crippen LogP contribution in [0.4, 0.5) is 18.9 Å². The van der Waals surface area contributed by atoms with Crippen molar-refractivity contribution in [3.63, 3.8) is 0 Å². The molecule has 3 aromatic rings. The molecule has 0 aliphatic carbocycles. The van der Waals surface area contributed by atoms with Crippen LogP contribution in [0.3, 0.4) is 0 Å². The Bertz CT molecular complexity index is 1310. The van der Waals surface area contributed by atoms with Gasteiger partial charge in [0.15, 0.2) is 0 Å². The van der Waals surface area contributed by atoms with Gasteiger partial charge >= 0.3 is 6.18 Å². The smallest absolute Gasteiger partial charge is 0.416 e. The fourth-order valence-corrected chi connectivity index (χ4v) is 3.57. The number of benzene rings is 3. The summed E-state index contributed by atoms with van der Waals surface area (Å²) in [6, 6.07) is 11.5. The van der Waals surface area contributed by atoms with Crippen molar-refractivity contribution >= 4 is 33.2 Å². The summed E-state index contributed by atoms with van der Waals surface area (Å²) in [4.78, 5) is 12.6. The summed E-state index contributed by atoms with van der Waals surface area (Å²) in [7, 11) is -4.07. The number of aliphatic hydroxyl groups is 1. The Hall–Kier alpha value is -3.12. The summed E-state index contributed by atoms with van der Waals surface area (Å²) < 4.78 is 68.4. The van der Waals surface area contributed by atoms with Crippen LogP contribution in [0.2, 0.25) is 5.02 Å². The Morgan fingerprint density at radius 1 is 1.06 bits per heavy atom. The number of carbonyl (C=O) groups excluding carboxylic acids is 1. The lowest BCUT2D eigenvalue weighted by Gasteiger charge is -2.15. The van der Waals surface area contributed by atoms with Crippen LogP contribution in [-0.4, -0.2) is 19.4 Å². The van der Waals surface area contributed by atoms with E-state index in [0.29, 0.717) is 11.6 Å². The van der Waals surface area contributed by atoms with Crippen molar-refractivity contribution in [2.45, 2.75) is 17.7 Å². The minimum atomic E-state index is -4.73. The summed E-state index contributed by atoms with van der Waals surface area (Å²) in [5.74, 6) is -1.19. The molecule has 0 aromatic heterocycles. The van der Waals surface area contributed by atoms with Crippen molar-refractivity contribution in [3.8, 4) is 11.5 Å². The van der Waals surface area contributed by atoms with E-state index in [-0.39, 0.29) is 33.7 Å². The number of carbonyl (C=O) groups is 1. The fourth-order valence-electron chi connectivity index (χ4n) is 2.77. The van der Waals surface area contributed by atoms with E-state index < -0.39 is 33.2 Å². The number of aliphatic hydroxyl groups excluding tert-OH is 1.